The summed E-state index contributed by atoms with van der Waals surface area (Å²) < 4.78 is 0. The van der Waals surface area contributed by atoms with Gasteiger partial charge in [0.25, 0.3) is 0 Å². The molecule has 0 bridgehead atoms. The maximum Gasteiger partial charge on any atom is 0.162 e. The van der Waals surface area contributed by atoms with Crippen molar-refractivity contribution in [2.75, 3.05) is 0 Å². The minimum atomic E-state index is 0.300. The second-order valence-electron chi connectivity index (χ2n) is 11.8. The molecule has 0 unspecified atom stereocenters. The fourth-order valence-corrected chi connectivity index (χ4v) is 5.49. The zero-order valence-corrected chi connectivity index (χ0v) is 25.3. The Labute approximate surface area is 237 Å². The smallest absolute Gasteiger partial charge is 0.162 e. The predicted molar refractivity (Wildman–Crippen MR) is 166 cm³/mol. The fraction of sp³-hybridized carbons (Fsp3) is 0.778. The number of ketones is 2. The highest BCUT2D eigenvalue weighted by molar-refractivity contribution is 5.95. The molecule has 2 heteroatoms. The van der Waals surface area contributed by atoms with Crippen molar-refractivity contribution in [1.29, 1.82) is 0 Å². The largest absolute Gasteiger partial charge is 0.300 e. The first-order valence-corrected chi connectivity index (χ1v) is 16.8. The van der Waals surface area contributed by atoms with Gasteiger partial charge in [-0.2, -0.15) is 0 Å². The van der Waals surface area contributed by atoms with Crippen molar-refractivity contribution in [3.05, 3.63) is 35.9 Å². The molecule has 0 amide bonds. The SMILES string of the molecule is CC(=O)CCCCCCCCCCCCCCCCCCCCCCCCCCCC(=O)c1ccccc1. The molecule has 0 aromatic heterocycles. The van der Waals surface area contributed by atoms with Gasteiger partial charge in [-0.3, -0.25) is 4.79 Å². The van der Waals surface area contributed by atoms with Gasteiger partial charge in [0, 0.05) is 18.4 Å². The lowest BCUT2D eigenvalue weighted by atomic mass is 10.0. The number of carbonyl (C=O) groups excluding carboxylic acids is 2. The zero-order chi connectivity index (χ0) is 27.4. The Morgan fingerprint density at radius 1 is 0.395 bits per heavy atom. The van der Waals surface area contributed by atoms with Gasteiger partial charge < -0.3 is 4.79 Å². The highest BCUT2D eigenvalue weighted by Gasteiger charge is 2.04. The van der Waals surface area contributed by atoms with Crippen molar-refractivity contribution >= 4 is 11.6 Å². The predicted octanol–water partition coefficient (Wildman–Crippen LogP) is 12.0. The van der Waals surface area contributed by atoms with Crippen LogP contribution < -0.4 is 0 Å². The molecule has 0 aliphatic heterocycles. The number of unbranched alkanes of at least 4 members (excludes halogenated alkanes) is 24. The van der Waals surface area contributed by atoms with Crippen LogP contribution in [-0.4, -0.2) is 11.6 Å². The molecule has 38 heavy (non-hydrogen) atoms. The lowest BCUT2D eigenvalue weighted by molar-refractivity contribution is -0.117. The molecule has 0 aliphatic carbocycles. The van der Waals surface area contributed by atoms with E-state index in [4.69, 9.17) is 0 Å². The molecule has 0 saturated heterocycles. The van der Waals surface area contributed by atoms with E-state index in [1.54, 1.807) is 6.92 Å². The minimum Gasteiger partial charge on any atom is -0.300 e. The van der Waals surface area contributed by atoms with Crippen LogP contribution in [0, 0.1) is 0 Å². The van der Waals surface area contributed by atoms with Gasteiger partial charge in [0.05, 0.1) is 0 Å². The first-order valence-electron chi connectivity index (χ1n) is 16.8. The Morgan fingerprint density at radius 3 is 0.947 bits per heavy atom. The summed E-state index contributed by atoms with van der Waals surface area (Å²) in [6.45, 7) is 1.70. The van der Waals surface area contributed by atoms with Crippen LogP contribution >= 0.6 is 0 Å². The van der Waals surface area contributed by atoms with Crippen LogP contribution in [0.15, 0.2) is 30.3 Å². The zero-order valence-electron chi connectivity index (χ0n) is 25.3. The molecule has 0 fully saturated rings. The van der Waals surface area contributed by atoms with Crippen molar-refractivity contribution < 1.29 is 9.59 Å². The highest BCUT2D eigenvalue weighted by Crippen LogP contribution is 2.16. The van der Waals surface area contributed by atoms with E-state index in [0.717, 1.165) is 24.8 Å². The topological polar surface area (TPSA) is 34.1 Å². The average molecular weight is 527 g/mol. The van der Waals surface area contributed by atoms with Gasteiger partial charge in [0.1, 0.15) is 5.78 Å². The standard InChI is InChI=1S/C36H62O2/c1-34(37)30-26-23-21-19-17-15-13-11-9-7-5-3-2-4-6-8-10-12-14-16-18-20-22-24-29-33-36(38)35-31-27-25-28-32-35/h25,27-28,31-32H,2-24,26,29-30,33H2,1H3. The maximum atomic E-state index is 12.1. The van der Waals surface area contributed by atoms with Gasteiger partial charge in [-0.15, -0.1) is 0 Å². The number of benzene rings is 1. The Bertz CT molecular complexity index is 651. The Hall–Kier alpha value is -1.44. The summed E-state index contributed by atoms with van der Waals surface area (Å²) >= 11 is 0. The second kappa shape index (κ2) is 27.1. The molecule has 1 aromatic rings. The van der Waals surface area contributed by atoms with Crippen LogP contribution in [0.3, 0.4) is 0 Å². The summed E-state index contributed by atoms with van der Waals surface area (Å²) in [7, 11) is 0. The second-order valence-corrected chi connectivity index (χ2v) is 11.8. The van der Waals surface area contributed by atoms with E-state index in [1.165, 1.54) is 148 Å². The molecule has 1 rings (SSSR count). The molecule has 0 N–H and O–H groups in total. The van der Waals surface area contributed by atoms with Crippen molar-refractivity contribution in [3.63, 3.8) is 0 Å². The van der Waals surface area contributed by atoms with Crippen LogP contribution in [0.2, 0.25) is 0 Å². The van der Waals surface area contributed by atoms with E-state index in [0.29, 0.717) is 18.0 Å². The average Bonchev–Trinajstić information content (AvgIpc) is 2.92. The van der Waals surface area contributed by atoms with Gasteiger partial charge in [0.2, 0.25) is 0 Å². The molecule has 0 spiro atoms. The van der Waals surface area contributed by atoms with Crippen molar-refractivity contribution in [3.8, 4) is 0 Å². The number of hydrogen-bond acceptors (Lipinski definition) is 2. The van der Waals surface area contributed by atoms with Crippen molar-refractivity contribution in [2.45, 2.75) is 180 Å². The maximum absolute atomic E-state index is 12.1. The monoisotopic (exact) mass is 526 g/mol. The third kappa shape index (κ3) is 23.7. The van der Waals surface area contributed by atoms with Gasteiger partial charge in [-0.25, -0.2) is 0 Å². The lowest BCUT2D eigenvalue weighted by Crippen LogP contribution is -1.98. The van der Waals surface area contributed by atoms with Crippen molar-refractivity contribution in [2.24, 2.45) is 0 Å². The quantitative estimate of drug-likeness (QED) is 0.0768. The summed E-state index contributed by atoms with van der Waals surface area (Å²) in [5.74, 6) is 0.644. The van der Waals surface area contributed by atoms with Gasteiger partial charge >= 0.3 is 0 Å². The molecule has 0 atom stereocenters. The molecular weight excluding hydrogens is 464 g/mol. The number of hydrogen-bond donors (Lipinski definition) is 0. The molecule has 0 heterocycles. The van der Waals surface area contributed by atoms with Gasteiger partial charge in [-0.05, 0) is 19.8 Å². The molecular formula is C36H62O2. The highest BCUT2D eigenvalue weighted by atomic mass is 16.1. The Kier molecular flexibility index (Phi) is 24.7. The third-order valence-electron chi connectivity index (χ3n) is 8.03. The van der Waals surface area contributed by atoms with E-state index < -0.39 is 0 Å². The van der Waals surface area contributed by atoms with Crippen LogP contribution in [0.25, 0.3) is 0 Å². The Morgan fingerprint density at radius 2 is 0.658 bits per heavy atom. The Balaban J connectivity index is 1.67. The molecule has 1 aromatic carbocycles. The van der Waals surface area contributed by atoms with Crippen LogP contribution in [0.4, 0.5) is 0 Å². The fourth-order valence-electron chi connectivity index (χ4n) is 5.49. The van der Waals surface area contributed by atoms with Crippen molar-refractivity contribution in [1.82, 2.24) is 0 Å². The van der Waals surface area contributed by atoms with E-state index in [9.17, 15) is 9.59 Å². The van der Waals surface area contributed by atoms with E-state index in [1.807, 2.05) is 30.3 Å². The third-order valence-corrected chi connectivity index (χ3v) is 8.03. The summed E-state index contributed by atoms with van der Waals surface area (Å²) in [5.41, 5.74) is 0.867. The number of rotatable bonds is 29. The summed E-state index contributed by atoms with van der Waals surface area (Å²) in [5, 5.41) is 0. The van der Waals surface area contributed by atoms with E-state index in [-0.39, 0.29) is 0 Å². The van der Waals surface area contributed by atoms with Crippen LogP contribution in [0.1, 0.15) is 191 Å². The van der Waals surface area contributed by atoms with E-state index >= 15 is 0 Å². The first-order chi connectivity index (χ1) is 18.7. The minimum absolute atomic E-state index is 0.300. The molecule has 0 radical (unpaired) electrons. The number of carbonyl (C=O) groups is 2. The number of Topliss-reactive ketones (excluding diaryl/α,β-unsaturated/α-hetero) is 2. The lowest BCUT2D eigenvalue weighted by Gasteiger charge is -2.04. The van der Waals surface area contributed by atoms with Crippen LogP contribution in [0.5, 0.6) is 0 Å². The first kappa shape index (κ1) is 34.6. The summed E-state index contributed by atoms with van der Waals surface area (Å²) in [6.07, 6.45) is 35.6. The van der Waals surface area contributed by atoms with Gasteiger partial charge in [0.15, 0.2) is 5.78 Å². The molecule has 0 aliphatic rings. The normalized spacial score (nSPS) is 11.2. The van der Waals surface area contributed by atoms with Gasteiger partial charge in [-0.1, -0.05) is 178 Å². The molecule has 2 nitrogen and oxygen atoms in total. The summed E-state index contributed by atoms with van der Waals surface area (Å²) in [4.78, 5) is 23.0. The molecule has 0 saturated carbocycles. The molecule has 218 valence electrons. The summed E-state index contributed by atoms with van der Waals surface area (Å²) in [6, 6.07) is 9.72. The van der Waals surface area contributed by atoms with E-state index in [2.05, 4.69) is 0 Å². The van der Waals surface area contributed by atoms with Crippen LogP contribution in [-0.2, 0) is 4.79 Å².